The van der Waals surface area contributed by atoms with Crippen LogP contribution in [0, 0.1) is 5.92 Å². The lowest BCUT2D eigenvalue weighted by atomic mass is 9.91. The molecule has 2 N–H and O–H groups in total. The zero-order chi connectivity index (χ0) is 29.3. The zero-order valence-electron chi connectivity index (χ0n) is 24.0. The average Bonchev–Trinajstić information content (AvgIpc) is 3.43. The number of sulfone groups is 1. The quantitative estimate of drug-likeness (QED) is 0.195. The van der Waals surface area contributed by atoms with E-state index in [2.05, 4.69) is 46.9 Å². The summed E-state index contributed by atoms with van der Waals surface area (Å²) in [6.07, 6.45) is 9.69. The van der Waals surface area contributed by atoms with Gasteiger partial charge in [0.15, 0.2) is 17.4 Å². The van der Waals surface area contributed by atoms with Crippen molar-refractivity contribution in [2.24, 2.45) is 11.7 Å². The molecule has 0 bridgehead atoms. The standard InChI is InChI=1S/C31H37N5O4S/c1-19(2)25-9-10-28(36-16-22(30(36)32)18-41(4,38)39)27-15-34-24(14-26(25)27)8-6-5-7-23-11-12-33-31(35-23)21-13-29(20(3)37)40-17-21/h9-15,17,19,22,30H,5-8,16,18,32H2,1-4H3/t22-,30+/m1/s1. The number of hydrogen-bond acceptors (Lipinski definition) is 9. The van der Waals surface area contributed by atoms with E-state index in [1.165, 1.54) is 30.4 Å². The maximum absolute atomic E-state index is 11.8. The monoisotopic (exact) mass is 575 g/mol. The van der Waals surface area contributed by atoms with Crippen molar-refractivity contribution in [3.63, 3.8) is 0 Å². The van der Waals surface area contributed by atoms with Crippen molar-refractivity contribution < 1.29 is 17.6 Å². The highest BCUT2D eigenvalue weighted by molar-refractivity contribution is 7.90. The summed E-state index contributed by atoms with van der Waals surface area (Å²) in [5, 5.41) is 2.22. The molecule has 1 aliphatic rings. The number of furan rings is 1. The van der Waals surface area contributed by atoms with E-state index in [1.54, 1.807) is 12.3 Å². The fraction of sp³-hybridized carbons (Fsp3) is 0.419. The van der Waals surface area contributed by atoms with Gasteiger partial charge in [0.25, 0.3) is 0 Å². The first-order chi connectivity index (χ1) is 19.5. The van der Waals surface area contributed by atoms with Crippen LogP contribution in [0.1, 0.15) is 67.0 Å². The molecule has 9 nitrogen and oxygen atoms in total. The number of benzene rings is 1. The van der Waals surface area contributed by atoms with Gasteiger partial charge in [-0.2, -0.15) is 0 Å². The van der Waals surface area contributed by atoms with Crippen molar-refractivity contribution in [3.05, 3.63) is 71.7 Å². The summed E-state index contributed by atoms with van der Waals surface area (Å²) in [5.74, 6) is 1.10. The summed E-state index contributed by atoms with van der Waals surface area (Å²) in [7, 11) is -3.08. The Kier molecular flexibility index (Phi) is 8.24. The lowest BCUT2D eigenvalue weighted by molar-refractivity contribution is 0.0987. The van der Waals surface area contributed by atoms with Crippen LogP contribution in [0.5, 0.6) is 0 Å². The van der Waals surface area contributed by atoms with Gasteiger partial charge in [-0.25, -0.2) is 18.4 Å². The smallest absolute Gasteiger partial charge is 0.194 e. The van der Waals surface area contributed by atoms with E-state index in [4.69, 9.17) is 15.1 Å². The predicted octanol–water partition coefficient (Wildman–Crippen LogP) is 4.94. The Balaban J connectivity index is 1.26. The van der Waals surface area contributed by atoms with Crippen LogP contribution in [0.25, 0.3) is 22.2 Å². The molecule has 216 valence electrons. The highest BCUT2D eigenvalue weighted by atomic mass is 32.2. The summed E-state index contributed by atoms with van der Waals surface area (Å²) in [5.41, 5.74) is 11.4. The van der Waals surface area contributed by atoms with Crippen molar-refractivity contribution >= 4 is 32.1 Å². The minimum Gasteiger partial charge on any atom is -0.460 e. The predicted molar refractivity (Wildman–Crippen MR) is 161 cm³/mol. The summed E-state index contributed by atoms with van der Waals surface area (Å²) >= 11 is 0. The lowest BCUT2D eigenvalue weighted by Gasteiger charge is -2.47. The Bertz CT molecular complexity index is 1680. The Labute approximate surface area is 241 Å². The van der Waals surface area contributed by atoms with Crippen molar-refractivity contribution in [3.8, 4) is 11.4 Å². The van der Waals surface area contributed by atoms with Gasteiger partial charge < -0.3 is 15.1 Å². The van der Waals surface area contributed by atoms with Gasteiger partial charge in [0.1, 0.15) is 16.1 Å². The number of aryl methyl sites for hydroxylation is 2. The first-order valence-electron chi connectivity index (χ1n) is 14.0. The Morgan fingerprint density at radius 1 is 1.10 bits per heavy atom. The first kappa shape index (κ1) is 28.9. The van der Waals surface area contributed by atoms with Crippen molar-refractivity contribution in [2.75, 3.05) is 23.5 Å². The van der Waals surface area contributed by atoms with E-state index < -0.39 is 9.84 Å². The summed E-state index contributed by atoms with van der Waals surface area (Å²) in [6.45, 7) is 6.46. The van der Waals surface area contributed by atoms with E-state index in [0.717, 1.165) is 48.1 Å². The van der Waals surface area contributed by atoms with Gasteiger partial charge >= 0.3 is 0 Å². The number of pyridine rings is 1. The molecule has 1 aliphatic heterocycles. The van der Waals surface area contributed by atoms with E-state index >= 15 is 0 Å². The molecule has 4 aromatic rings. The fourth-order valence-corrected chi connectivity index (χ4v) is 6.58. The Hall–Kier alpha value is -3.63. The van der Waals surface area contributed by atoms with E-state index in [1.807, 2.05) is 12.3 Å². The zero-order valence-corrected chi connectivity index (χ0v) is 24.8. The highest BCUT2D eigenvalue weighted by Crippen LogP contribution is 2.38. The molecular formula is C31H37N5O4S. The van der Waals surface area contributed by atoms with E-state index in [0.29, 0.717) is 29.6 Å². The molecule has 4 heterocycles. The third-order valence-electron chi connectivity index (χ3n) is 7.72. The topological polar surface area (TPSA) is 132 Å². The van der Waals surface area contributed by atoms with Gasteiger partial charge in [-0.3, -0.25) is 9.78 Å². The number of anilines is 1. The minimum absolute atomic E-state index is 0.0688. The van der Waals surface area contributed by atoms with Crippen LogP contribution in [-0.4, -0.2) is 53.9 Å². The van der Waals surface area contributed by atoms with Gasteiger partial charge in [-0.05, 0) is 66.8 Å². The second kappa shape index (κ2) is 11.7. The molecule has 1 aromatic carbocycles. The number of nitrogens with two attached hydrogens (primary N) is 1. The molecule has 1 fully saturated rings. The Morgan fingerprint density at radius 2 is 1.85 bits per heavy atom. The van der Waals surface area contributed by atoms with Crippen LogP contribution in [0.4, 0.5) is 5.69 Å². The Morgan fingerprint density at radius 3 is 2.51 bits per heavy atom. The third kappa shape index (κ3) is 6.49. The number of aromatic nitrogens is 3. The summed E-state index contributed by atoms with van der Waals surface area (Å²) < 4.78 is 28.9. The highest BCUT2D eigenvalue weighted by Gasteiger charge is 2.39. The maximum atomic E-state index is 11.8. The van der Waals surface area contributed by atoms with Crippen LogP contribution in [0.3, 0.4) is 0 Å². The van der Waals surface area contributed by atoms with Gasteiger partial charge in [0.05, 0.1) is 17.5 Å². The number of nitrogens with zero attached hydrogens (tertiary/aromatic N) is 4. The molecule has 1 saturated heterocycles. The van der Waals surface area contributed by atoms with Gasteiger partial charge in [-0.15, -0.1) is 0 Å². The molecule has 3 aromatic heterocycles. The first-order valence-corrected chi connectivity index (χ1v) is 16.1. The molecule has 0 aliphatic carbocycles. The normalized spacial score (nSPS) is 17.3. The molecule has 0 unspecified atom stereocenters. The number of hydrogen-bond donors (Lipinski definition) is 1. The van der Waals surface area contributed by atoms with Crippen LogP contribution in [0.15, 0.2) is 53.4 Å². The van der Waals surface area contributed by atoms with E-state index in [9.17, 15) is 13.2 Å². The van der Waals surface area contributed by atoms with Gasteiger partial charge in [0.2, 0.25) is 0 Å². The molecule has 5 rings (SSSR count). The largest absolute Gasteiger partial charge is 0.460 e. The molecule has 2 atom stereocenters. The molecule has 0 radical (unpaired) electrons. The van der Waals surface area contributed by atoms with Crippen molar-refractivity contribution in [1.82, 2.24) is 15.0 Å². The van der Waals surface area contributed by atoms with Crippen molar-refractivity contribution in [2.45, 2.75) is 58.5 Å². The third-order valence-corrected chi connectivity index (χ3v) is 8.76. The molecule has 0 amide bonds. The number of rotatable bonds is 11. The van der Waals surface area contributed by atoms with E-state index in [-0.39, 0.29) is 23.6 Å². The van der Waals surface area contributed by atoms with Gasteiger partial charge in [-0.1, -0.05) is 19.9 Å². The van der Waals surface area contributed by atoms with Crippen LogP contribution >= 0.6 is 0 Å². The molecule has 41 heavy (non-hydrogen) atoms. The van der Waals surface area contributed by atoms with Crippen LogP contribution in [-0.2, 0) is 22.7 Å². The number of carbonyl (C=O) groups is 1. The molecular weight excluding hydrogens is 538 g/mol. The second-order valence-electron chi connectivity index (χ2n) is 11.4. The second-order valence-corrected chi connectivity index (χ2v) is 13.6. The maximum Gasteiger partial charge on any atom is 0.194 e. The summed E-state index contributed by atoms with van der Waals surface area (Å²) in [4.78, 5) is 27.4. The van der Waals surface area contributed by atoms with Crippen LogP contribution in [0.2, 0.25) is 0 Å². The summed E-state index contributed by atoms with van der Waals surface area (Å²) in [6, 6.07) is 10.0. The number of ketones is 1. The lowest BCUT2D eigenvalue weighted by Crippen LogP contribution is -2.63. The molecule has 0 spiro atoms. The van der Waals surface area contributed by atoms with Crippen LogP contribution < -0.4 is 10.6 Å². The molecule has 10 heteroatoms. The average molecular weight is 576 g/mol. The fourth-order valence-electron chi connectivity index (χ4n) is 5.50. The number of Topliss-reactive ketones (excluding diaryl/α,β-unsaturated/α-hetero) is 1. The SMILES string of the molecule is CC(=O)c1cc(-c2nccc(CCCCc3cc4c(C(C)C)ccc(N5C[C@H](CS(C)(=O)=O)[C@H]5N)c4cn3)n2)co1. The molecule has 0 saturated carbocycles. The number of fused-ring (bicyclic) bond motifs is 1. The number of carbonyl (C=O) groups excluding carboxylic acids is 1. The van der Waals surface area contributed by atoms with Crippen molar-refractivity contribution in [1.29, 1.82) is 0 Å². The number of unbranched alkanes of at least 4 members (excludes halogenated alkanes) is 1. The van der Waals surface area contributed by atoms with Gasteiger partial charge in [0, 0.05) is 60.5 Å². The minimum atomic E-state index is -3.08.